The fraction of sp³-hybridized carbons (Fsp3) is 0.0526. The summed E-state index contributed by atoms with van der Waals surface area (Å²) in [6.07, 6.45) is 1.37. The maximum atomic E-state index is 12.8. The molecule has 128 valence electrons. The predicted octanol–water partition coefficient (Wildman–Crippen LogP) is 3.19. The van der Waals surface area contributed by atoms with Crippen LogP contribution < -0.4 is 10.2 Å². The lowest BCUT2D eigenvalue weighted by atomic mass is 10.1. The molecule has 0 radical (unpaired) electrons. The standard InChI is InChI=1S/C19H12ClN3O3/c1-11-2-7-14(9-16(11)20)23-18(25)15(17(24)22-19(23)26)8-12-3-5-13(10-21)6-4-12/h2-9H,1H3,(H,22,24,26). The Kier molecular flexibility index (Phi) is 4.57. The molecule has 1 N–H and O–H groups in total. The van der Waals surface area contributed by atoms with E-state index >= 15 is 0 Å². The van der Waals surface area contributed by atoms with Crippen LogP contribution in [0.15, 0.2) is 48.0 Å². The summed E-state index contributed by atoms with van der Waals surface area (Å²) in [6.45, 7) is 1.80. The molecule has 0 saturated carbocycles. The molecule has 26 heavy (non-hydrogen) atoms. The van der Waals surface area contributed by atoms with E-state index in [4.69, 9.17) is 16.9 Å². The molecule has 3 rings (SSSR count). The van der Waals surface area contributed by atoms with Crippen LogP contribution in [0.2, 0.25) is 5.02 Å². The Hall–Kier alpha value is -3.43. The van der Waals surface area contributed by atoms with Gasteiger partial charge >= 0.3 is 6.03 Å². The van der Waals surface area contributed by atoms with Gasteiger partial charge in [0.2, 0.25) is 0 Å². The number of nitriles is 1. The molecule has 0 bridgehead atoms. The average Bonchev–Trinajstić information content (AvgIpc) is 2.62. The number of urea groups is 1. The van der Waals surface area contributed by atoms with Crippen LogP contribution in [-0.2, 0) is 9.59 Å². The van der Waals surface area contributed by atoms with Crippen molar-refractivity contribution in [3.63, 3.8) is 0 Å². The number of aryl methyl sites for hydroxylation is 1. The third kappa shape index (κ3) is 3.21. The van der Waals surface area contributed by atoms with Crippen molar-refractivity contribution in [1.82, 2.24) is 5.32 Å². The van der Waals surface area contributed by atoms with Crippen LogP contribution >= 0.6 is 11.6 Å². The molecular formula is C19H12ClN3O3. The Bertz CT molecular complexity index is 1000. The van der Waals surface area contributed by atoms with Gasteiger partial charge in [0, 0.05) is 5.02 Å². The monoisotopic (exact) mass is 365 g/mol. The summed E-state index contributed by atoms with van der Waals surface area (Å²) >= 11 is 6.07. The van der Waals surface area contributed by atoms with Gasteiger partial charge in [-0.15, -0.1) is 0 Å². The second kappa shape index (κ2) is 6.82. The van der Waals surface area contributed by atoms with Gasteiger partial charge in [0.15, 0.2) is 0 Å². The van der Waals surface area contributed by atoms with Crippen LogP contribution in [0.4, 0.5) is 10.5 Å². The maximum absolute atomic E-state index is 12.8. The van der Waals surface area contributed by atoms with Crippen LogP contribution in [0.3, 0.4) is 0 Å². The highest BCUT2D eigenvalue weighted by Crippen LogP contribution is 2.26. The third-order valence-corrected chi connectivity index (χ3v) is 4.27. The summed E-state index contributed by atoms with van der Waals surface area (Å²) in [7, 11) is 0. The number of rotatable bonds is 2. The third-order valence-electron chi connectivity index (χ3n) is 3.87. The normalized spacial score (nSPS) is 15.8. The SMILES string of the molecule is Cc1ccc(N2C(=O)NC(=O)C(=Cc3ccc(C#N)cc3)C2=O)cc1Cl. The number of imide groups is 2. The highest BCUT2D eigenvalue weighted by molar-refractivity contribution is 6.39. The van der Waals surface area contributed by atoms with Gasteiger partial charge in [-0.25, -0.2) is 9.69 Å². The molecular weight excluding hydrogens is 354 g/mol. The zero-order valence-corrected chi connectivity index (χ0v) is 14.4. The summed E-state index contributed by atoms with van der Waals surface area (Å²) in [6, 6.07) is 12.2. The van der Waals surface area contributed by atoms with Crippen molar-refractivity contribution in [2.24, 2.45) is 0 Å². The summed E-state index contributed by atoms with van der Waals surface area (Å²) in [5.74, 6) is -1.53. The van der Waals surface area contributed by atoms with Gasteiger partial charge in [0.25, 0.3) is 11.8 Å². The van der Waals surface area contributed by atoms with Crippen LogP contribution in [0.1, 0.15) is 16.7 Å². The quantitative estimate of drug-likeness (QED) is 0.653. The molecule has 1 saturated heterocycles. The summed E-state index contributed by atoms with van der Waals surface area (Å²) in [4.78, 5) is 37.9. The minimum atomic E-state index is -0.836. The fourth-order valence-electron chi connectivity index (χ4n) is 2.43. The van der Waals surface area contributed by atoms with Crippen molar-refractivity contribution in [3.8, 4) is 6.07 Å². The molecule has 0 atom stereocenters. The number of carbonyl (C=O) groups is 3. The second-order valence-electron chi connectivity index (χ2n) is 5.63. The van der Waals surface area contributed by atoms with Crippen LogP contribution in [-0.4, -0.2) is 17.8 Å². The molecule has 1 aliphatic rings. The van der Waals surface area contributed by atoms with Gasteiger partial charge in [0.05, 0.1) is 17.3 Å². The van der Waals surface area contributed by atoms with Gasteiger partial charge in [-0.3, -0.25) is 14.9 Å². The van der Waals surface area contributed by atoms with Crippen molar-refractivity contribution in [1.29, 1.82) is 5.26 Å². The van der Waals surface area contributed by atoms with Gasteiger partial charge in [0.1, 0.15) is 5.57 Å². The number of hydrogen-bond donors (Lipinski definition) is 1. The van der Waals surface area contributed by atoms with Crippen LogP contribution in [0, 0.1) is 18.3 Å². The number of amides is 4. The first-order valence-electron chi connectivity index (χ1n) is 7.58. The van der Waals surface area contributed by atoms with Crippen molar-refractivity contribution in [3.05, 3.63) is 69.8 Å². The van der Waals surface area contributed by atoms with E-state index in [1.807, 2.05) is 6.07 Å². The topological polar surface area (TPSA) is 90.3 Å². The molecule has 7 heteroatoms. The Balaban J connectivity index is 2.00. The predicted molar refractivity (Wildman–Crippen MR) is 96.3 cm³/mol. The van der Waals surface area contributed by atoms with E-state index in [-0.39, 0.29) is 11.3 Å². The number of nitrogens with zero attached hydrogens (tertiary/aromatic N) is 2. The Morgan fingerprint density at radius 3 is 2.42 bits per heavy atom. The average molecular weight is 366 g/mol. The smallest absolute Gasteiger partial charge is 0.273 e. The Morgan fingerprint density at radius 1 is 1.12 bits per heavy atom. The first kappa shape index (κ1) is 17.4. The Morgan fingerprint density at radius 2 is 1.81 bits per heavy atom. The van der Waals surface area contributed by atoms with E-state index in [0.29, 0.717) is 16.1 Å². The zero-order valence-electron chi connectivity index (χ0n) is 13.6. The number of benzene rings is 2. The molecule has 0 unspecified atom stereocenters. The van der Waals surface area contributed by atoms with Crippen molar-refractivity contribution < 1.29 is 14.4 Å². The van der Waals surface area contributed by atoms with Gasteiger partial charge < -0.3 is 0 Å². The van der Waals surface area contributed by atoms with E-state index in [2.05, 4.69) is 5.32 Å². The number of halogens is 1. The molecule has 1 heterocycles. The minimum Gasteiger partial charge on any atom is -0.273 e. The second-order valence-corrected chi connectivity index (χ2v) is 6.03. The summed E-state index contributed by atoms with van der Waals surface area (Å²) in [5.41, 5.74) is 1.88. The maximum Gasteiger partial charge on any atom is 0.335 e. The van der Waals surface area contributed by atoms with E-state index in [9.17, 15) is 14.4 Å². The lowest BCUT2D eigenvalue weighted by Crippen LogP contribution is -2.54. The van der Waals surface area contributed by atoms with Crippen molar-refractivity contribution >= 4 is 41.2 Å². The molecule has 0 aromatic heterocycles. The summed E-state index contributed by atoms with van der Waals surface area (Å²) < 4.78 is 0. The van der Waals surface area contributed by atoms with E-state index in [0.717, 1.165) is 10.5 Å². The van der Waals surface area contributed by atoms with E-state index in [1.54, 1.807) is 43.3 Å². The molecule has 6 nitrogen and oxygen atoms in total. The van der Waals surface area contributed by atoms with Crippen LogP contribution in [0.5, 0.6) is 0 Å². The molecule has 0 aliphatic carbocycles. The van der Waals surface area contributed by atoms with Gasteiger partial charge in [-0.2, -0.15) is 5.26 Å². The molecule has 1 aliphatic heterocycles. The number of barbiturate groups is 1. The number of carbonyl (C=O) groups excluding carboxylic acids is 3. The first-order valence-corrected chi connectivity index (χ1v) is 7.96. The molecule has 4 amide bonds. The first-order chi connectivity index (χ1) is 12.4. The minimum absolute atomic E-state index is 0.189. The fourth-order valence-corrected chi connectivity index (χ4v) is 2.61. The van der Waals surface area contributed by atoms with E-state index < -0.39 is 17.8 Å². The lowest BCUT2D eigenvalue weighted by molar-refractivity contribution is -0.122. The molecule has 2 aromatic carbocycles. The zero-order chi connectivity index (χ0) is 18.8. The summed E-state index contributed by atoms with van der Waals surface area (Å²) in [5, 5.41) is 11.4. The van der Waals surface area contributed by atoms with Crippen molar-refractivity contribution in [2.45, 2.75) is 6.92 Å². The largest absolute Gasteiger partial charge is 0.335 e. The van der Waals surface area contributed by atoms with Crippen LogP contribution in [0.25, 0.3) is 6.08 Å². The number of anilines is 1. The highest BCUT2D eigenvalue weighted by Gasteiger charge is 2.36. The lowest BCUT2D eigenvalue weighted by Gasteiger charge is -2.26. The highest BCUT2D eigenvalue weighted by atomic mass is 35.5. The Labute approximate surface area is 154 Å². The number of nitrogens with one attached hydrogen (secondary N) is 1. The van der Waals surface area contributed by atoms with Gasteiger partial charge in [-0.1, -0.05) is 29.8 Å². The molecule has 1 fully saturated rings. The van der Waals surface area contributed by atoms with E-state index in [1.165, 1.54) is 12.1 Å². The number of hydrogen-bond acceptors (Lipinski definition) is 4. The molecule has 0 spiro atoms. The molecule has 2 aromatic rings. The van der Waals surface area contributed by atoms with Crippen molar-refractivity contribution in [2.75, 3.05) is 4.90 Å². The van der Waals surface area contributed by atoms with Gasteiger partial charge in [-0.05, 0) is 48.4 Å².